The van der Waals surface area contributed by atoms with Crippen molar-refractivity contribution in [2.75, 3.05) is 0 Å². The van der Waals surface area contributed by atoms with Gasteiger partial charge in [0.15, 0.2) is 11.6 Å². The largest absolute Gasteiger partial charge is 0.493 e. The van der Waals surface area contributed by atoms with Crippen molar-refractivity contribution in [2.45, 2.75) is 0 Å². The van der Waals surface area contributed by atoms with Crippen molar-refractivity contribution in [1.29, 1.82) is 0 Å². The van der Waals surface area contributed by atoms with Crippen molar-refractivity contribution >= 4 is 15.9 Å². The number of H-pyrrole nitrogens is 1. The number of aromatic nitrogens is 2. The highest BCUT2D eigenvalue weighted by Crippen LogP contribution is 2.29. The summed E-state index contributed by atoms with van der Waals surface area (Å²) >= 11 is 2.86. The molecule has 0 saturated heterocycles. The molecule has 0 radical (unpaired) electrons. The summed E-state index contributed by atoms with van der Waals surface area (Å²) in [4.78, 5) is 17.0. The molecule has 0 aliphatic carbocycles. The Morgan fingerprint density at radius 3 is 2.71 bits per heavy atom. The molecule has 0 bridgehead atoms. The van der Waals surface area contributed by atoms with Crippen molar-refractivity contribution in [3.8, 4) is 17.3 Å². The Balaban J connectivity index is 2.69. The van der Waals surface area contributed by atoms with E-state index in [0.29, 0.717) is 0 Å². The third-order valence-corrected chi connectivity index (χ3v) is 2.79. The van der Waals surface area contributed by atoms with Crippen molar-refractivity contribution in [3.05, 3.63) is 44.7 Å². The lowest BCUT2D eigenvalue weighted by Crippen LogP contribution is -2.07. The first-order valence-corrected chi connectivity index (χ1v) is 5.22. The number of hydrogen-bond donors (Lipinski definition) is 2. The summed E-state index contributed by atoms with van der Waals surface area (Å²) in [6.45, 7) is 0. The van der Waals surface area contributed by atoms with Gasteiger partial charge in [0.25, 0.3) is 5.56 Å². The second kappa shape index (κ2) is 4.25. The smallest absolute Gasteiger partial charge is 0.254 e. The molecule has 2 aromatic rings. The molecular formula is C10H5BrF2N2O2. The number of aromatic amines is 1. The van der Waals surface area contributed by atoms with Gasteiger partial charge < -0.3 is 10.1 Å². The molecule has 0 unspecified atom stereocenters. The fourth-order valence-corrected chi connectivity index (χ4v) is 1.79. The van der Waals surface area contributed by atoms with Crippen LogP contribution in [0, 0.1) is 11.6 Å². The van der Waals surface area contributed by atoms with E-state index in [0.717, 1.165) is 12.1 Å². The van der Waals surface area contributed by atoms with Crippen LogP contribution in [0.2, 0.25) is 0 Å². The minimum absolute atomic E-state index is 0.0548. The number of nitrogens with zero attached hydrogens (tertiary/aromatic N) is 1. The fraction of sp³-hybridized carbons (Fsp3) is 0. The molecular weight excluding hydrogens is 298 g/mol. The number of hydrogen-bond acceptors (Lipinski definition) is 3. The van der Waals surface area contributed by atoms with Gasteiger partial charge in [-0.25, -0.2) is 8.78 Å². The summed E-state index contributed by atoms with van der Waals surface area (Å²) in [6, 6.07) is 3.01. The van der Waals surface area contributed by atoms with Gasteiger partial charge in [-0.1, -0.05) is 0 Å². The predicted octanol–water partition coefficient (Wildman–Crippen LogP) is 2.18. The summed E-state index contributed by atoms with van der Waals surface area (Å²) in [5.41, 5.74) is -0.457. The van der Waals surface area contributed by atoms with Gasteiger partial charge in [-0.15, -0.1) is 0 Å². The molecule has 0 atom stereocenters. The van der Waals surface area contributed by atoms with Crippen LogP contribution in [0.1, 0.15) is 0 Å². The third kappa shape index (κ3) is 2.19. The first kappa shape index (κ1) is 11.7. The Bertz CT molecular complexity index is 643. The highest BCUT2D eigenvalue weighted by atomic mass is 79.9. The molecule has 2 N–H and O–H groups in total. The van der Waals surface area contributed by atoms with Gasteiger partial charge in [0, 0.05) is 5.56 Å². The van der Waals surface area contributed by atoms with Crippen LogP contribution in [0.15, 0.2) is 27.5 Å². The second-order valence-corrected chi connectivity index (χ2v) is 3.97. The van der Waals surface area contributed by atoms with Crippen LogP contribution in [0.25, 0.3) is 11.4 Å². The maximum absolute atomic E-state index is 13.3. The van der Waals surface area contributed by atoms with Gasteiger partial charge in [-0.05, 0) is 28.1 Å². The van der Waals surface area contributed by atoms with E-state index in [4.69, 9.17) is 5.11 Å². The average Bonchev–Trinajstić information content (AvgIpc) is 2.24. The minimum atomic E-state index is -1.09. The second-order valence-electron chi connectivity index (χ2n) is 3.18. The number of rotatable bonds is 1. The summed E-state index contributed by atoms with van der Waals surface area (Å²) in [5, 5.41) is 9.16. The summed E-state index contributed by atoms with van der Waals surface area (Å²) in [6.07, 6.45) is 0. The van der Waals surface area contributed by atoms with Crippen molar-refractivity contribution in [3.63, 3.8) is 0 Å². The molecule has 0 spiro atoms. The SMILES string of the molecule is O=c1cc(O)nc(-c2ccc(F)c(F)c2Br)[nH]1. The van der Waals surface area contributed by atoms with Crippen LogP contribution in [-0.2, 0) is 0 Å². The summed E-state index contributed by atoms with van der Waals surface area (Å²) in [5.74, 6) is -2.67. The normalized spacial score (nSPS) is 10.5. The van der Waals surface area contributed by atoms with Crippen molar-refractivity contribution in [1.82, 2.24) is 9.97 Å². The first-order chi connectivity index (χ1) is 7.99. The molecule has 7 heteroatoms. The Labute approximate surface area is 102 Å². The zero-order chi connectivity index (χ0) is 12.6. The van der Waals surface area contributed by atoms with Gasteiger partial charge in [-0.3, -0.25) is 4.79 Å². The molecule has 88 valence electrons. The fourth-order valence-electron chi connectivity index (χ4n) is 1.28. The van der Waals surface area contributed by atoms with Crippen molar-refractivity contribution in [2.24, 2.45) is 0 Å². The number of aromatic hydroxyl groups is 1. The molecule has 17 heavy (non-hydrogen) atoms. The molecule has 2 rings (SSSR count). The maximum Gasteiger partial charge on any atom is 0.254 e. The highest BCUT2D eigenvalue weighted by Gasteiger charge is 2.14. The number of nitrogens with one attached hydrogen (secondary N) is 1. The van der Waals surface area contributed by atoms with Crippen LogP contribution >= 0.6 is 15.9 Å². The van der Waals surface area contributed by atoms with E-state index in [1.165, 1.54) is 6.07 Å². The average molecular weight is 303 g/mol. The summed E-state index contributed by atoms with van der Waals surface area (Å²) in [7, 11) is 0. The molecule has 0 aliphatic rings. The zero-order valence-corrected chi connectivity index (χ0v) is 9.75. The first-order valence-electron chi connectivity index (χ1n) is 4.43. The third-order valence-electron chi connectivity index (χ3n) is 2.02. The molecule has 1 aromatic heterocycles. The van der Waals surface area contributed by atoms with E-state index in [2.05, 4.69) is 25.9 Å². The number of halogens is 3. The van der Waals surface area contributed by atoms with Crippen LogP contribution in [0.5, 0.6) is 5.88 Å². The zero-order valence-electron chi connectivity index (χ0n) is 8.17. The molecule has 0 fully saturated rings. The number of benzene rings is 1. The van der Waals surface area contributed by atoms with E-state index in [9.17, 15) is 13.6 Å². The lowest BCUT2D eigenvalue weighted by molar-refractivity contribution is 0.452. The van der Waals surface area contributed by atoms with E-state index in [1.807, 2.05) is 0 Å². The quantitative estimate of drug-likeness (QED) is 0.794. The standard InChI is InChI=1S/C10H5BrF2N2O2/c11-8-4(1-2-5(12)9(8)13)10-14-6(16)3-7(17)15-10/h1-3H,(H2,14,15,16,17). The monoisotopic (exact) mass is 302 g/mol. The van der Waals surface area contributed by atoms with Gasteiger partial charge in [0.2, 0.25) is 5.88 Å². The van der Waals surface area contributed by atoms with Gasteiger partial charge >= 0.3 is 0 Å². The van der Waals surface area contributed by atoms with Crippen LogP contribution in [0.4, 0.5) is 8.78 Å². The molecule has 0 amide bonds. The minimum Gasteiger partial charge on any atom is -0.493 e. The Morgan fingerprint density at radius 1 is 1.35 bits per heavy atom. The molecule has 4 nitrogen and oxygen atoms in total. The van der Waals surface area contributed by atoms with E-state index in [1.54, 1.807) is 0 Å². The predicted molar refractivity (Wildman–Crippen MR) is 59.6 cm³/mol. The highest BCUT2D eigenvalue weighted by molar-refractivity contribution is 9.10. The molecule has 0 saturated carbocycles. The Morgan fingerprint density at radius 2 is 2.06 bits per heavy atom. The molecule has 1 heterocycles. The van der Waals surface area contributed by atoms with Crippen LogP contribution < -0.4 is 5.56 Å². The summed E-state index contributed by atoms with van der Waals surface area (Å²) < 4.78 is 26.0. The Kier molecular flexibility index (Phi) is 2.93. The van der Waals surface area contributed by atoms with Gasteiger partial charge in [0.05, 0.1) is 10.5 Å². The molecule has 0 aliphatic heterocycles. The van der Waals surface area contributed by atoms with E-state index < -0.39 is 23.1 Å². The lowest BCUT2D eigenvalue weighted by atomic mass is 10.2. The van der Waals surface area contributed by atoms with Crippen molar-refractivity contribution < 1.29 is 13.9 Å². The lowest BCUT2D eigenvalue weighted by Gasteiger charge is -2.05. The maximum atomic E-state index is 13.3. The molecule has 1 aromatic carbocycles. The Hall–Kier alpha value is -1.76. The van der Waals surface area contributed by atoms with Gasteiger partial charge in [-0.2, -0.15) is 4.98 Å². The van der Waals surface area contributed by atoms with E-state index in [-0.39, 0.29) is 15.9 Å². The van der Waals surface area contributed by atoms with E-state index >= 15 is 0 Å². The van der Waals surface area contributed by atoms with Crippen LogP contribution in [-0.4, -0.2) is 15.1 Å². The topological polar surface area (TPSA) is 66.0 Å². The van der Waals surface area contributed by atoms with Crippen LogP contribution in [0.3, 0.4) is 0 Å². The van der Waals surface area contributed by atoms with Gasteiger partial charge in [0.1, 0.15) is 5.82 Å².